The van der Waals surface area contributed by atoms with Gasteiger partial charge in [-0.1, -0.05) is 37.3 Å². The second kappa shape index (κ2) is 6.35. The Labute approximate surface area is 128 Å². The number of hydrogen-bond acceptors (Lipinski definition) is 4. The third-order valence-corrected chi connectivity index (χ3v) is 4.67. The van der Waals surface area contributed by atoms with Gasteiger partial charge in [0.2, 0.25) is 0 Å². The van der Waals surface area contributed by atoms with E-state index >= 15 is 0 Å². The zero-order valence-electron chi connectivity index (χ0n) is 12.0. The van der Waals surface area contributed by atoms with Crippen LogP contribution in [0, 0.1) is 0 Å². The van der Waals surface area contributed by atoms with E-state index in [4.69, 9.17) is 4.42 Å². The summed E-state index contributed by atoms with van der Waals surface area (Å²) in [6, 6.07) is 10.3. The highest BCUT2D eigenvalue weighted by Crippen LogP contribution is 2.30. The second-order valence-corrected chi connectivity index (χ2v) is 6.13. The predicted molar refractivity (Wildman–Crippen MR) is 83.4 cm³/mol. The van der Waals surface area contributed by atoms with E-state index in [1.54, 1.807) is 0 Å². The van der Waals surface area contributed by atoms with Gasteiger partial charge in [-0.3, -0.25) is 4.79 Å². The molecule has 1 amide bonds. The van der Waals surface area contributed by atoms with E-state index in [1.165, 1.54) is 11.8 Å². The summed E-state index contributed by atoms with van der Waals surface area (Å²) in [7, 11) is 0. The minimum Gasteiger partial charge on any atom is -0.448 e. The number of aryl methyl sites for hydroxylation is 1. The minimum atomic E-state index is -0.0346. The molecule has 0 bridgehead atoms. The van der Waals surface area contributed by atoms with Gasteiger partial charge in [-0.25, -0.2) is 4.98 Å². The molecule has 1 aromatic carbocycles. The molecule has 4 nitrogen and oxygen atoms in total. The zero-order valence-corrected chi connectivity index (χ0v) is 12.8. The van der Waals surface area contributed by atoms with Gasteiger partial charge in [0.05, 0.1) is 6.04 Å². The molecule has 21 heavy (non-hydrogen) atoms. The molecule has 0 unspecified atom stereocenters. The molecule has 1 aliphatic rings. The molecule has 1 aliphatic heterocycles. The van der Waals surface area contributed by atoms with E-state index in [0.717, 1.165) is 18.1 Å². The van der Waals surface area contributed by atoms with E-state index in [-0.39, 0.29) is 11.9 Å². The van der Waals surface area contributed by atoms with Crippen LogP contribution in [-0.4, -0.2) is 33.8 Å². The van der Waals surface area contributed by atoms with Crippen LogP contribution < -0.4 is 0 Å². The first-order valence-corrected chi connectivity index (χ1v) is 8.33. The van der Waals surface area contributed by atoms with Gasteiger partial charge in [0.1, 0.15) is 6.26 Å². The Morgan fingerprint density at radius 2 is 2.24 bits per heavy atom. The van der Waals surface area contributed by atoms with Crippen LogP contribution >= 0.6 is 11.8 Å². The molecule has 0 saturated carbocycles. The molecule has 1 fully saturated rings. The first-order valence-electron chi connectivity index (χ1n) is 7.17. The van der Waals surface area contributed by atoms with Crippen molar-refractivity contribution in [3.05, 3.63) is 53.7 Å². The summed E-state index contributed by atoms with van der Waals surface area (Å²) >= 11 is 1.89. The predicted octanol–water partition coefficient (Wildman–Crippen LogP) is 3.17. The van der Waals surface area contributed by atoms with Gasteiger partial charge in [0.25, 0.3) is 5.91 Å². The van der Waals surface area contributed by atoms with Crippen LogP contribution in [0.1, 0.15) is 34.9 Å². The number of nitrogens with zero attached hydrogens (tertiary/aromatic N) is 2. The number of oxazole rings is 1. The summed E-state index contributed by atoms with van der Waals surface area (Å²) in [5.41, 5.74) is 1.59. The third kappa shape index (κ3) is 2.97. The Bertz CT molecular complexity index is 612. The van der Waals surface area contributed by atoms with Crippen LogP contribution in [-0.2, 0) is 6.42 Å². The molecule has 110 valence electrons. The number of amides is 1. The normalized spacial score (nSPS) is 18.7. The molecule has 2 aromatic rings. The van der Waals surface area contributed by atoms with Crippen molar-refractivity contribution in [3.8, 4) is 0 Å². The lowest BCUT2D eigenvalue weighted by atomic mass is 10.1. The van der Waals surface area contributed by atoms with E-state index in [0.29, 0.717) is 18.0 Å². The molecule has 0 N–H and O–H groups in total. The van der Waals surface area contributed by atoms with Gasteiger partial charge in [-0.05, 0) is 5.56 Å². The lowest BCUT2D eigenvalue weighted by Crippen LogP contribution is -2.40. The Balaban J connectivity index is 1.85. The van der Waals surface area contributed by atoms with Crippen molar-refractivity contribution in [1.82, 2.24) is 9.88 Å². The zero-order chi connectivity index (χ0) is 14.7. The molecule has 1 atom stereocenters. The lowest BCUT2D eigenvalue weighted by molar-refractivity contribution is 0.0695. The van der Waals surface area contributed by atoms with Crippen molar-refractivity contribution in [2.45, 2.75) is 19.4 Å². The summed E-state index contributed by atoms with van der Waals surface area (Å²) in [6.45, 7) is 2.71. The molecule has 0 radical (unpaired) electrons. The highest BCUT2D eigenvalue weighted by atomic mass is 32.2. The summed E-state index contributed by atoms with van der Waals surface area (Å²) < 4.78 is 5.30. The molecule has 1 saturated heterocycles. The first-order chi connectivity index (χ1) is 10.3. The van der Waals surface area contributed by atoms with Crippen LogP contribution in [0.5, 0.6) is 0 Å². The summed E-state index contributed by atoms with van der Waals surface area (Å²) in [5, 5.41) is 0. The van der Waals surface area contributed by atoms with Gasteiger partial charge in [-0.15, -0.1) is 0 Å². The molecule has 2 heterocycles. The van der Waals surface area contributed by atoms with Gasteiger partial charge in [-0.2, -0.15) is 11.8 Å². The van der Waals surface area contributed by atoms with E-state index in [9.17, 15) is 4.79 Å². The molecular weight excluding hydrogens is 284 g/mol. The number of benzene rings is 1. The topological polar surface area (TPSA) is 46.3 Å². The van der Waals surface area contributed by atoms with Gasteiger partial charge in [0.15, 0.2) is 11.6 Å². The van der Waals surface area contributed by atoms with Crippen LogP contribution in [0.25, 0.3) is 0 Å². The largest absolute Gasteiger partial charge is 0.448 e. The van der Waals surface area contributed by atoms with Crippen LogP contribution in [0.2, 0.25) is 0 Å². The first kappa shape index (κ1) is 14.2. The number of aromatic nitrogens is 1. The monoisotopic (exact) mass is 302 g/mol. The highest BCUT2D eigenvalue weighted by molar-refractivity contribution is 7.99. The number of rotatable bonds is 3. The SMILES string of the molecule is CCc1nc(C(=O)N2CCSC[C@@H]2c2ccccc2)co1. The van der Waals surface area contributed by atoms with Crippen molar-refractivity contribution in [1.29, 1.82) is 0 Å². The maximum atomic E-state index is 12.7. The van der Waals surface area contributed by atoms with Gasteiger partial charge in [0, 0.05) is 24.5 Å². The summed E-state index contributed by atoms with van der Waals surface area (Å²) in [6.07, 6.45) is 2.18. The number of hydrogen-bond donors (Lipinski definition) is 0. The Hall–Kier alpha value is -1.75. The number of carbonyl (C=O) groups excluding carboxylic acids is 1. The molecular formula is C16H18N2O2S. The highest BCUT2D eigenvalue weighted by Gasteiger charge is 2.30. The van der Waals surface area contributed by atoms with Crippen molar-refractivity contribution in [3.63, 3.8) is 0 Å². The Kier molecular flexibility index (Phi) is 4.29. The van der Waals surface area contributed by atoms with Crippen molar-refractivity contribution < 1.29 is 9.21 Å². The Morgan fingerprint density at radius 1 is 1.43 bits per heavy atom. The van der Waals surface area contributed by atoms with Crippen LogP contribution in [0.3, 0.4) is 0 Å². The smallest absolute Gasteiger partial charge is 0.276 e. The van der Waals surface area contributed by atoms with Crippen LogP contribution in [0.4, 0.5) is 0 Å². The second-order valence-electron chi connectivity index (χ2n) is 4.98. The van der Waals surface area contributed by atoms with Gasteiger partial charge < -0.3 is 9.32 Å². The van der Waals surface area contributed by atoms with E-state index in [2.05, 4.69) is 17.1 Å². The lowest BCUT2D eigenvalue weighted by Gasteiger charge is -2.35. The quantitative estimate of drug-likeness (QED) is 0.873. The third-order valence-electron chi connectivity index (χ3n) is 3.65. The van der Waals surface area contributed by atoms with Crippen molar-refractivity contribution in [2.24, 2.45) is 0 Å². The summed E-state index contributed by atoms with van der Waals surface area (Å²) in [4.78, 5) is 18.9. The average molecular weight is 302 g/mol. The van der Waals surface area contributed by atoms with E-state index < -0.39 is 0 Å². The maximum absolute atomic E-state index is 12.7. The number of carbonyl (C=O) groups is 1. The fraction of sp³-hybridized carbons (Fsp3) is 0.375. The average Bonchev–Trinajstić information content (AvgIpc) is 3.04. The number of thioether (sulfide) groups is 1. The fourth-order valence-corrected chi connectivity index (χ4v) is 3.60. The van der Waals surface area contributed by atoms with Gasteiger partial charge >= 0.3 is 0 Å². The minimum absolute atomic E-state index is 0.0346. The maximum Gasteiger partial charge on any atom is 0.276 e. The molecule has 0 aliphatic carbocycles. The standard InChI is InChI=1S/C16H18N2O2S/c1-2-15-17-13(10-20-15)16(19)18-8-9-21-11-14(18)12-6-4-3-5-7-12/h3-7,10,14H,2,8-9,11H2,1H3/t14-/m1/s1. The molecule has 1 aromatic heterocycles. The molecule has 0 spiro atoms. The fourth-order valence-electron chi connectivity index (χ4n) is 2.52. The van der Waals surface area contributed by atoms with Crippen molar-refractivity contribution in [2.75, 3.05) is 18.1 Å². The van der Waals surface area contributed by atoms with Crippen LogP contribution in [0.15, 0.2) is 41.0 Å². The van der Waals surface area contributed by atoms with Crippen molar-refractivity contribution >= 4 is 17.7 Å². The molecule has 3 rings (SSSR count). The Morgan fingerprint density at radius 3 is 2.95 bits per heavy atom. The van der Waals surface area contributed by atoms with E-state index in [1.807, 2.05) is 41.8 Å². The molecule has 5 heteroatoms. The summed E-state index contributed by atoms with van der Waals surface area (Å²) in [5.74, 6) is 2.47.